The Labute approximate surface area is 97.9 Å². The van der Waals surface area contributed by atoms with Crippen LogP contribution in [-0.4, -0.2) is 14.5 Å². The van der Waals surface area contributed by atoms with Crippen LogP contribution in [0, 0.1) is 0 Å². The maximum absolute atomic E-state index is 5.79. The highest BCUT2D eigenvalue weighted by Crippen LogP contribution is 2.33. The molecule has 0 aliphatic carbocycles. The number of nitrogen functional groups attached to an aromatic ring is 1. The van der Waals surface area contributed by atoms with E-state index in [0.29, 0.717) is 5.82 Å². The summed E-state index contributed by atoms with van der Waals surface area (Å²) < 4.78 is 7.66. The molecule has 0 saturated carbocycles. The van der Waals surface area contributed by atoms with Crippen LogP contribution >= 0.6 is 0 Å². The lowest BCUT2D eigenvalue weighted by Gasteiger charge is -2.13. The average Bonchev–Trinajstić information content (AvgIpc) is 2.94. The quantitative estimate of drug-likeness (QED) is 0.767. The smallest absolute Gasteiger partial charge is 0.177 e. The fourth-order valence-corrected chi connectivity index (χ4v) is 2.10. The zero-order valence-electron chi connectivity index (χ0n) is 9.21. The molecule has 1 fully saturated rings. The molecule has 88 valence electrons. The Morgan fingerprint density at radius 1 is 1.47 bits per heavy atom. The zero-order valence-corrected chi connectivity index (χ0v) is 9.21. The highest BCUT2D eigenvalue weighted by atomic mass is 16.5. The van der Waals surface area contributed by atoms with Gasteiger partial charge in [0, 0.05) is 25.2 Å². The molecular weight excluding hydrogens is 218 g/mol. The number of nitrogens with zero attached hydrogens (tertiary/aromatic N) is 3. The standard InChI is InChI=1S/C11H13N5O/c12-5-7-1-2-9(17-7)16-4-3-8-10(13)14-6-15-11(8)16/h3-6,9H,1-2,12H2,(H2,13,14,15)/b7-5+. The minimum absolute atomic E-state index is 0.0587. The summed E-state index contributed by atoms with van der Waals surface area (Å²) in [6, 6.07) is 1.90. The highest BCUT2D eigenvalue weighted by Gasteiger charge is 2.23. The van der Waals surface area contributed by atoms with E-state index in [0.717, 1.165) is 29.6 Å². The number of allylic oxidation sites excluding steroid dienone is 1. The predicted octanol–water partition coefficient (Wildman–Crippen LogP) is 1.12. The Bertz CT molecular complexity index is 589. The van der Waals surface area contributed by atoms with Gasteiger partial charge in [-0.15, -0.1) is 0 Å². The minimum Gasteiger partial charge on any atom is -0.473 e. The summed E-state index contributed by atoms with van der Waals surface area (Å²) in [7, 11) is 0. The monoisotopic (exact) mass is 231 g/mol. The second-order valence-corrected chi connectivity index (χ2v) is 3.96. The molecule has 2 aromatic rings. The van der Waals surface area contributed by atoms with Crippen LogP contribution in [0.5, 0.6) is 0 Å². The molecule has 17 heavy (non-hydrogen) atoms. The molecule has 1 unspecified atom stereocenters. The lowest BCUT2D eigenvalue weighted by molar-refractivity contribution is 0.101. The van der Waals surface area contributed by atoms with Gasteiger partial charge in [-0.2, -0.15) is 0 Å². The van der Waals surface area contributed by atoms with Crippen molar-refractivity contribution in [2.45, 2.75) is 19.1 Å². The van der Waals surface area contributed by atoms with Gasteiger partial charge in [-0.3, -0.25) is 4.57 Å². The highest BCUT2D eigenvalue weighted by molar-refractivity contribution is 5.86. The molecule has 0 bridgehead atoms. The Morgan fingerprint density at radius 3 is 3.12 bits per heavy atom. The first-order valence-corrected chi connectivity index (χ1v) is 5.44. The zero-order chi connectivity index (χ0) is 11.8. The number of aromatic nitrogens is 3. The molecule has 6 nitrogen and oxygen atoms in total. The summed E-state index contributed by atoms with van der Waals surface area (Å²) in [5.74, 6) is 1.31. The SMILES string of the molecule is N/C=C1\CCC(n2ccc3c(N)ncnc32)O1. The number of nitrogens with two attached hydrogens (primary N) is 2. The Kier molecular flexibility index (Phi) is 2.14. The van der Waals surface area contributed by atoms with Gasteiger partial charge in [0.25, 0.3) is 0 Å². The van der Waals surface area contributed by atoms with E-state index < -0.39 is 0 Å². The average molecular weight is 231 g/mol. The molecule has 1 aliphatic rings. The Morgan fingerprint density at radius 2 is 2.35 bits per heavy atom. The van der Waals surface area contributed by atoms with Gasteiger partial charge in [0.15, 0.2) is 6.23 Å². The maximum Gasteiger partial charge on any atom is 0.177 e. The predicted molar refractivity (Wildman–Crippen MR) is 63.6 cm³/mol. The third-order valence-corrected chi connectivity index (χ3v) is 2.96. The molecular formula is C11H13N5O. The van der Waals surface area contributed by atoms with Crippen molar-refractivity contribution in [3.63, 3.8) is 0 Å². The molecule has 0 spiro atoms. The van der Waals surface area contributed by atoms with Crippen molar-refractivity contribution in [1.82, 2.24) is 14.5 Å². The van der Waals surface area contributed by atoms with Crippen LogP contribution in [0.2, 0.25) is 0 Å². The lowest BCUT2D eigenvalue weighted by atomic mass is 10.3. The van der Waals surface area contributed by atoms with E-state index in [1.54, 1.807) is 0 Å². The molecule has 3 heterocycles. The molecule has 6 heteroatoms. The topological polar surface area (TPSA) is 92.0 Å². The fourth-order valence-electron chi connectivity index (χ4n) is 2.10. The summed E-state index contributed by atoms with van der Waals surface area (Å²) in [5, 5.41) is 0.848. The fraction of sp³-hybridized carbons (Fsp3) is 0.273. The van der Waals surface area contributed by atoms with Gasteiger partial charge in [0.1, 0.15) is 23.6 Å². The summed E-state index contributed by atoms with van der Waals surface area (Å²) in [6.45, 7) is 0. The van der Waals surface area contributed by atoms with Crippen molar-refractivity contribution in [3.8, 4) is 0 Å². The van der Waals surface area contributed by atoms with Crippen molar-refractivity contribution in [1.29, 1.82) is 0 Å². The largest absolute Gasteiger partial charge is 0.473 e. The number of anilines is 1. The van der Waals surface area contributed by atoms with Crippen molar-refractivity contribution in [2.24, 2.45) is 5.73 Å². The molecule has 1 saturated heterocycles. The van der Waals surface area contributed by atoms with Crippen LogP contribution in [0.4, 0.5) is 5.82 Å². The number of fused-ring (bicyclic) bond motifs is 1. The second-order valence-electron chi connectivity index (χ2n) is 3.96. The third kappa shape index (κ3) is 1.49. The second kappa shape index (κ2) is 3.65. The van der Waals surface area contributed by atoms with Gasteiger partial charge < -0.3 is 16.2 Å². The summed E-state index contributed by atoms with van der Waals surface area (Å²) in [4.78, 5) is 8.20. The molecule has 0 aromatic carbocycles. The van der Waals surface area contributed by atoms with E-state index in [4.69, 9.17) is 16.2 Å². The first-order chi connectivity index (χ1) is 8.29. The molecule has 4 N–H and O–H groups in total. The van der Waals surface area contributed by atoms with E-state index in [9.17, 15) is 0 Å². The normalized spacial score (nSPS) is 22.1. The van der Waals surface area contributed by atoms with Crippen LogP contribution in [0.1, 0.15) is 19.1 Å². The minimum atomic E-state index is -0.0587. The molecule has 2 aromatic heterocycles. The summed E-state index contributed by atoms with van der Waals surface area (Å²) in [5.41, 5.74) is 12.0. The van der Waals surface area contributed by atoms with Crippen LogP contribution in [0.15, 0.2) is 30.5 Å². The van der Waals surface area contributed by atoms with Crippen molar-refractivity contribution >= 4 is 16.9 Å². The first kappa shape index (κ1) is 9.95. The number of hydrogen-bond donors (Lipinski definition) is 2. The first-order valence-electron chi connectivity index (χ1n) is 5.44. The van der Waals surface area contributed by atoms with Gasteiger partial charge in [0.2, 0.25) is 0 Å². The molecule has 1 aliphatic heterocycles. The van der Waals surface area contributed by atoms with Gasteiger partial charge in [-0.05, 0) is 6.07 Å². The van der Waals surface area contributed by atoms with E-state index in [1.165, 1.54) is 12.5 Å². The van der Waals surface area contributed by atoms with E-state index in [1.807, 2.05) is 16.8 Å². The maximum atomic E-state index is 5.79. The van der Waals surface area contributed by atoms with E-state index in [-0.39, 0.29) is 6.23 Å². The van der Waals surface area contributed by atoms with Crippen LogP contribution in [-0.2, 0) is 4.74 Å². The van der Waals surface area contributed by atoms with Gasteiger partial charge in [0.05, 0.1) is 5.39 Å². The molecule has 3 rings (SSSR count). The Hall–Kier alpha value is -2.24. The third-order valence-electron chi connectivity index (χ3n) is 2.96. The van der Waals surface area contributed by atoms with Crippen molar-refractivity contribution < 1.29 is 4.74 Å². The van der Waals surface area contributed by atoms with Crippen molar-refractivity contribution in [3.05, 3.63) is 30.5 Å². The number of hydrogen-bond acceptors (Lipinski definition) is 5. The Balaban J connectivity index is 2.04. The molecule has 0 radical (unpaired) electrons. The van der Waals surface area contributed by atoms with Gasteiger partial charge in [-0.25, -0.2) is 9.97 Å². The lowest BCUT2D eigenvalue weighted by Crippen LogP contribution is -2.06. The summed E-state index contributed by atoms with van der Waals surface area (Å²) in [6.07, 6.45) is 6.56. The van der Waals surface area contributed by atoms with E-state index >= 15 is 0 Å². The van der Waals surface area contributed by atoms with Gasteiger partial charge >= 0.3 is 0 Å². The van der Waals surface area contributed by atoms with Crippen LogP contribution < -0.4 is 11.5 Å². The van der Waals surface area contributed by atoms with Crippen LogP contribution in [0.3, 0.4) is 0 Å². The number of ether oxygens (including phenoxy) is 1. The van der Waals surface area contributed by atoms with Gasteiger partial charge in [-0.1, -0.05) is 0 Å². The van der Waals surface area contributed by atoms with Crippen LogP contribution in [0.25, 0.3) is 11.0 Å². The summed E-state index contributed by atoms with van der Waals surface area (Å²) >= 11 is 0. The molecule has 1 atom stereocenters. The van der Waals surface area contributed by atoms with Crippen molar-refractivity contribution in [2.75, 3.05) is 5.73 Å². The molecule has 0 amide bonds. The number of rotatable bonds is 1. The van der Waals surface area contributed by atoms with E-state index in [2.05, 4.69) is 9.97 Å².